The summed E-state index contributed by atoms with van der Waals surface area (Å²) in [6.45, 7) is 3.62. The van der Waals surface area contributed by atoms with Crippen LogP contribution in [0.1, 0.15) is 147 Å². The van der Waals surface area contributed by atoms with Gasteiger partial charge in [-0.1, -0.05) is 114 Å². The van der Waals surface area contributed by atoms with E-state index in [1.165, 1.54) is 173 Å². The normalized spacial score (nSPS) is 21.9. The molecule has 0 spiro atoms. The highest BCUT2D eigenvalue weighted by Gasteiger charge is 2.08. The van der Waals surface area contributed by atoms with Gasteiger partial charge in [0, 0.05) is 31.1 Å². The van der Waals surface area contributed by atoms with Gasteiger partial charge in [0.05, 0.1) is 0 Å². The van der Waals surface area contributed by atoms with E-state index in [0.717, 1.165) is 0 Å². The summed E-state index contributed by atoms with van der Waals surface area (Å²) < 4.78 is 2.44. The maximum absolute atomic E-state index is 2.56. The highest BCUT2D eigenvalue weighted by molar-refractivity contribution is 5.18. The molecule has 1 aromatic heterocycles. The van der Waals surface area contributed by atoms with Gasteiger partial charge in [-0.2, -0.15) is 0 Å². The number of rotatable bonds is 0. The van der Waals surface area contributed by atoms with Gasteiger partial charge in [-0.25, -0.2) is 4.57 Å². The van der Waals surface area contributed by atoms with Crippen molar-refractivity contribution in [2.45, 2.75) is 154 Å². The molecule has 0 aliphatic carbocycles. The van der Waals surface area contributed by atoms with Crippen LogP contribution in [0.3, 0.4) is 0 Å². The average molecular weight is 508 g/mol. The molecule has 4 bridgehead atoms. The molecule has 0 saturated carbocycles. The third-order valence-electron chi connectivity index (χ3n) is 8.53. The zero-order valence-electron chi connectivity index (χ0n) is 24.3. The van der Waals surface area contributed by atoms with Crippen LogP contribution in [-0.4, -0.2) is 18.0 Å². The van der Waals surface area contributed by atoms with E-state index in [9.17, 15) is 0 Å². The van der Waals surface area contributed by atoms with Gasteiger partial charge in [0.1, 0.15) is 6.54 Å². The van der Waals surface area contributed by atoms with Crippen molar-refractivity contribution in [1.82, 2.24) is 4.90 Å². The smallest absolute Gasteiger partial charge is 0.171 e. The summed E-state index contributed by atoms with van der Waals surface area (Å²) in [5.41, 5.74) is 3.19. The van der Waals surface area contributed by atoms with Crippen molar-refractivity contribution in [3.63, 3.8) is 0 Å². The molecule has 0 N–H and O–H groups in total. The van der Waals surface area contributed by atoms with Crippen LogP contribution in [0.15, 0.2) is 48.5 Å². The van der Waals surface area contributed by atoms with Gasteiger partial charge in [-0.3, -0.25) is 0 Å². The first-order chi connectivity index (χ1) is 18.4. The van der Waals surface area contributed by atoms with Crippen molar-refractivity contribution in [3.05, 3.63) is 54.0 Å². The van der Waals surface area contributed by atoms with E-state index in [0.29, 0.717) is 0 Å². The van der Waals surface area contributed by atoms with E-state index < -0.39 is 0 Å². The maximum Gasteiger partial charge on any atom is 0.171 e. The van der Waals surface area contributed by atoms with Crippen molar-refractivity contribution in [2.75, 3.05) is 13.1 Å². The van der Waals surface area contributed by atoms with Gasteiger partial charge in [-0.05, 0) is 56.9 Å². The van der Waals surface area contributed by atoms with Crippen LogP contribution in [0, 0.1) is 0 Å². The minimum atomic E-state index is 1.18. The molecule has 3 heterocycles. The quantitative estimate of drug-likeness (QED) is 0.317. The number of allylic oxidation sites excluding steroid dienone is 2. The Balaban J connectivity index is 1.33. The molecule has 37 heavy (non-hydrogen) atoms. The molecule has 0 radical (unpaired) electrons. The SMILES string of the molecule is C1=CN2CCCCCCCCCCCc3ccc[n+](c3)CCCCCCCCCCCCCCC(=C1)C2. The second-order valence-corrected chi connectivity index (χ2v) is 12.0. The van der Waals surface area contributed by atoms with E-state index in [1.54, 1.807) is 5.57 Å². The van der Waals surface area contributed by atoms with Crippen LogP contribution in [0.25, 0.3) is 0 Å². The topological polar surface area (TPSA) is 7.12 Å². The first-order valence-electron chi connectivity index (χ1n) is 16.5. The predicted octanol–water partition coefficient (Wildman–Crippen LogP) is 9.87. The molecular formula is C35H59N2+. The summed E-state index contributed by atoms with van der Waals surface area (Å²) in [6.07, 6.45) is 43.9. The van der Waals surface area contributed by atoms with Crippen molar-refractivity contribution in [3.8, 4) is 0 Å². The molecule has 0 aromatic carbocycles. The van der Waals surface area contributed by atoms with Crippen molar-refractivity contribution < 1.29 is 4.57 Å². The van der Waals surface area contributed by atoms with E-state index in [4.69, 9.17) is 0 Å². The van der Waals surface area contributed by atoms with Gasteiger partial charge in [0.25, 0.3) is 0 Å². The Morgan fingerprint density at radius 1 is 0.568 bits per heavy atom. The van der Waals surface area contributed by atoms with Crippen LogP contribution in [0.4, 0.5) is 0 Å². The fraction of sp³-hybridized carbons (Fsp3) is 0.743. The molecular weight excluding hydrogens is 448 g/mol. The molecule has 0 unspecified atom stereocenters. The summed E-state index contributed by atoms with van der Waals surface area (Å²) >= 11 is 0. The number of nitrogens with zero attached hydrogens (tertiary/aromatic N) is 2. The summed E-state index contributed by atoms with van der Waals surface area (Å²) in [4.78, 5) is 2.56. The number of pyridine rings is 1. The molecule has 1 aromatic rings. The van der Waals surface area contributed by atoms with Crippen LogP contribution in [-0.2, 0) is 13.0 Å². The second-order valence-electron chi connectivity index (χ2n) is 12.0. The Labute approximate surface area is 230 Å². The fourth-order valence-corrected chi connectivity index (χ4v) is 6.14. The van der Waals surface area contributed by atoms with Crippen LogP contribution < -0.4 is 4.57 Å². The molecule has 0 saturated heterocycles. The molecule has 0 amide bonds. The number of hydrogen-bond donors (Lipinski definition) is 0. The lowest BCUT2D eigenvalue weighted by Gasteiger charge is -2.25. The molecule has 2 nitrogen and oxygen atoms in total. The van der Waals surface area contributed by atoms with Gasteiger partial charge < -0.3 is 4.90 Å². The van der Waals surface area contributed by atoms with Gasteiger partial charge in [0.15, 0.2) is 12.4 Å². The van der Waals surface area contributed by atoms with Crippen LogP contribution in [0.5, 0.6) is 0 Å². The van der Waals surface area contributed by atoms with E-state index in [2.05, 4.69) is 52.3 Å². The Hall–Kier alpha value is -1.57. The highest BCUT2D eigenvalue weighted by Crippen LogP contribution is 2.18. The second kappa shape index (κ2) is 20.4. The van der Waals surface area contributed by atoms with E-state index in [1.807, 2.05) is 0 Å². The first kappa shape index (κ1) is 30.0. The lowest BCUT2D eigenvalue weighted by molar-refractivity contribution is -0.697. The summed E-state index contributed by atoms with van der Waals surface area (Å²) in [6, 6.07) is 4.59. The molecule has 0 atom stereocenters. The summed E-state index contributed by atoms with van der Waals surface area (Å²) in [5, 5.41) is 0. The molecule has 2 aliphatic heterocycles. The molecule has 208 valence electrons. The molecule has 2 aliphatic rings. The Morgan fingerprint density at radius 3 is 1.76 bits per heavy atom. The lowest BCUT2D eigenvalue weighted by Crippen LogP contribution is -2.33. The number of aryl methyl sites for hydroxylation is 2. The van der Waals surface area contributed by atoms with E-state index >= 15 is 0 Å². The Morgan fingerprint density at radius 2 is 1.11 bits per heavy atom. The van der Waals surface area contributed by atoms with Gasteiger partial charge in [-0.15, -0.1) is 0 Å². The van der Waals surface area contributed by atoms with Crippen molar-refractivity contribution >= 4 is 0 Å². The van der Waals surface area contributed by atoms with Crippen LogP contribution >= 0.6 is 0 Å². The Kier molecular flexibility index (Phi) is 16.5. The standard InChI is InChI=1S/C35H59N2/c1-2-4-8-12-16-20-28-36-30-23-27-35(33-36)25-19-15-11-7-5-9-13-17-21-29-37-31-22-26-34(32-37)24-18-14-10-6-3-1/h22-23,26-27,30-31,33H,1-21,24-25,28-29,32H2/q+1. The first-order valence-corrected chi connectivity index (χ1v) is 16.5. The highest BCUT2D eigenvalue weighted by atomic mass is 15.1. The maximum atomic E-state index is 2.56. The summed E-state index contributed by atoms with van der Waals surface area (Å²) in [7, 11) is 0. The van der Waals surface area contributed by atoms with Crippen molar-refractivity contribution in [1.29, 1.82) is 0 Å². The predicted molar refractivity (Wildman–Crippen MR) is 161 cm³/mol. The van der Waals surface area contributed by atoms with Crippen LogP contribution in [0.2, 0.25) is 0 Å². The van der Waals surface area contributed by atoms with Crippen molar-refractivity contribution in [2.24, 2.45) is 0 Å². The number of hydrogen-bond acceptors (Lipinski definition) is 1. The number of aromatic nitrogens is 1. The number of fused-ring (bicyclic) bond motifs is 4. The monoisotopic (exact) mass is 507 g/mol. The third-order valence-corrected chi connectivity index (χ3v) is 8.53. The largest absolute Gasteiger partial charge is 0.373 e. The lowest BCUT2D eigenvalue weighted by atomic mass is 10.0. The molecule has 0 fully saturated rings. The minimum absolute atomic E-state index is 1.18. The van der Waals surface area contributed by atoms with Gasteiger partial charge >= 0.3 is 0 Å². The third kappa shape index (κ3) is 14.8. The zero-order chi connectivity index (χ0) is 25.6. The average Bonchev–Trinajstić information content (AvgIpc) is 2.92. The Bertz CT molecular complexity index is 749. The zero-order valence-corrected chi connectivity index (χ0v) is 24.3. The summed E-state index contributed by atoms with van der Waals surface area (Å²) in [5.74, 6) is 0. The minimum Gasteiger partial charge on any atom is -0.373 e. The fourth-order valence-electron chi connectivity index (χ4n) is 6.14. The van der Waals surface area contributed by atoms with Gasteiger partial charge in [0.2, 0.25) is 0 Å². The van der Waals surface area contributed by atoms with E-state index in [-0.39, 0.29) is 0 Å². The molecule has 2 heteroatoms. The molecule has 3 rings (SSSR count).